The van der Waals surface area contributed by atoms with Crippen molar-refractivity contribution >= 4 is 32.6 Å². The summed E-state index contributed by atoms with van der Waals surface area (Å²) in [4.78, 5) is 5.13. The molecule has 0 fully saturated rings. The minimum Gasteiger partial charge on any atom is -0.292 e. The molecule has 0 saturated heterocycles. The van der Waals surface area contributed by atoms with Crippen molar-refractivity contribution in [1.82, 2.24) is 9.55 Å². The summed E-state index contributed by atoms with van der Waals surface area (Å²) in [5, 5.41) is 5.03. The molecule has 0 radical (unpaired) electrons. The van der Waals surface area contributed by atoms with Crippen LogP contribution in [-0.4, -0.2) is 9.55 Å². The first-order chi connectivity index (χ1) is 23.3. The molecule has 0 saturated carbocycles. The van der Waals surface area contributed by atoms with Crippen LogP contribution in [0, 0.1) is 0 Å². The van der Waals surface area contributed by atoms with Gasteiger partial charge in [0, 0.05) is 11.3 Å². The molecule has 0 amide bonds. The first kappa shape index (κ1) is 27.1. The molecule has 9 rings (SSSR count). The number of hydrogen-bond acceptors (Lipinski definition) is 1. The highest BCUT2D eigenvalue weighted by Crippen LogP contribution is 2.43. The van der Waals surface area contributed by atoms with Gasteiger partial charge in [-0.1, -0.05) is 158 Å². The molecule has 0 aliphatic carbocycles. The molecule has 220 valence electrons. The third-order valence-corrected chi connectivity index (χ3v) is 9.22. The van der Waals surface area contributed by atoms with Crippen molar-refractivity contribution in [1.29, 1.82) is 0 Å². The minimum atomic E-state index is 0.932. The second-order valence-corrected chi connectivity index (χ2v) is 12.0. The van der Waals surface area contributed by atoms with Gasteiger partial charge in [-0.3, -0.25) is 4.57 Å². The van der Waals surface area contributed by atoms with Crippen molar-refractivity contribution in [3.63, 3.8) is 0 Å². The third kappa shape index (κ3) is 4.62. The van der Waals surface area contributed by atoms with Gasteiger partial charge in [-0.05, 0) is 79.2 Å². The van der Waals surface area contributed by atoms with Crippen LogP contribution in [0.15, 0.2) is 182 Å². The van der Waals surface area contributed by atoms with E-state index in [0.29, 0.717) is 0 Å². The van der Waals surface area contributed by atoms with Crippen molar-refractivity contribution in [2.24, 2.45) is 0 Å². The Morgan fingerprint density at radius 3 is 1.30 bits per heavy atom. The fourth-order valence-electron chi connectivity index (χ4n) is 7.06. The molecule has 0 aliphatic rings. The molecule has 0 N–H and O–H groups in total. The van der Waals surface area contributed by atoms with E-state index in [1.165, 1.54) is 54.9 Å². The number of benzene rings is 8. The molecular weight excluding hydrogens is 569 g/mol. The van der Waals surface area contributed by atoms with Crippen LogP contribution in [0.5, 0.6) is 0 Å². The Hall–Kier alpha value is -6.25. The highest BCUT2D eigenvalue weighted by atomic mass is 15.1. The maximum absolute atomic E-state index is 5.13. The van der Waals surface area contributed by atoms with Crippen LogP contribution in [0.4, 0.5) is 0 Å². The summed E-state index contributed by atoms with van der Waals surface area (Å²) in [6.45, 7) is 0. The quantitative estimate of drug-likeness (QED) is 0.180. The first-order valence-corrected chi connectivity index (χ1v) is 16.1. The zero-order chi connectivity index (χ0) is 31.2. The average molecular weight is 599 g/mol. The maximum atomic E-state index is 5.13. The molecule has 0 bridgehead atoms. The Morgan fingerprint density at radius 1 is 0.319 bits per heavy atom. The van der Waals surface area contributed by atoms with Crippen LogP contribution in [0.3, 0.4) is 0 Å². The molecule has 2 nitrogen and oxygen atoms in total. The molecule has 0 atom stereocenters. The summed E-state index contributed by atoms with van der Waals surface area (Å²) < 4.78 is 2.28. The Bertz CT molecular complexity index is 2470. The zero-order valence-electron chi connectivity index (χ0n) is 25.7. The standard InChI is InChI=1S/C45H30N2/c1-3-13-31(14-4-1)32-23-25-35(26-24-32)45-46-41-21-11-12-22-42(41)47(45)36-29-27-34(28-30-36)44-39-19-9-7-17-37(39)43(33-15-5-2-6-16-33)38-18-8-10-20-40(38)44/h1-30H. The number of rotatable bonds is 5. The summed E-state index contributed by atoms with van der Waals surface area (Å²) in [7, 11) is 0. The Balaban J connectivity index is 1.20. The van der Waals surface area contributed by atoms with Gasteiger partial charge in [0.1, 0.15) is 5.82 Å². The second kappa shape index (κ2) is 11.3. The summed E-state index contributed by atoms with van der Waals surface area (Å²) in [5.74, 6) is 0.932. The molecule has 1 heterocycles. The van der Waals surface area contributed by atoms with Gasteiger partial charge in [0.05, 0.1) is 11.0 Å². The first-order valence-electron chi connectivity index (χ1n) is 16.1. The molecule has 0 unspecified atom stereocenters. The number of nitrogens with zero attached hydrogens (tertiary/aromatic N) is 2. The van der Waals surface area contributed by atoms with E-state index in [2.05, 4.69) is 187 Å². The normalized spacial score (nSPS) is 11.4. The highest BCUT2D eigenvalue weighted by molar-refractivity contribution is 6.21. The van der Waals surface area contributed by atoms with Gasteiger partial charge in [0.15, 0.2) is 0 Å². The fraction of sp³-hybridized carbons (Fsp3) is 0. The summed E-state index contributed by atoms with van der Waals surface area (Å²) in [6.07, 6.45) is 0. The molecule has 47 heavy (non-hydrogen) atoms. The van der Waals surface area contributed by atoms with Crippen molar-refractivity contribution in [2.75, 3.05) is 0 Å². The van der Waals surface area contributed by atoms with E-state index in [-0.39, 0.29) is 0 Å². The Labute approximate surface area is 273 Å². The molecule has 0 spiro atoms. The molecule has 9 aromatic rings. The van der Waals surface area contributed by atoms with Gasteiger partial charge in [0.25, 0.3) is 0 Å². The predicted molar refractivity (Wildman–Crippen MR) is 198 cm³/mol. The van der Waals surface area contributed by atoms with Gasteiger partial charge in [0.2, 0.25) is 0 Å². The second-order valence-electron chi connectivity index (χ2n) is 12.0. The van der Waals surface area contributed by atoms with Gasteiger partial charge >= 0.3 is 0 Å². The molecule has 1 aromatic heterocycles. The average Bonchev–Trinajstić information content (AvgIpc) is 3.54. The Kier molecular flexibility index (Phi) is 6.50. The van der Waals surface area contributed by atoms with E-state index in [4.69, 9.17) is 4.98 Å². The SMILES string of the molecule is c1ccc(-c2ccc(-c3nc4ccccc4n3-c3ccc(-c4c5ccccc5c(-c5ccccc5)c5ccccc45)cc3)cc2)cc1. The van der Waals surface area contributed by atoms with E-state index in [1.807, 2.05) is 0 Å². The van der Waals surface area contributed by atoms with E-state index < -0.39 is 0 Å². The number of hydrogen-bond donors (Lipinski definition) is 0. The lowest BCUT2D eigenvalue weighted by molar-refractivity contribution is 1.10. The lowest BCUT2D eigenvalue weighted by Crippen LogP contribution is -1.98. The van der Waals surface area contributed by atoms with Gasteiger partial charge in [-0.25, -0.2) is 4.98 Å². The lowest BCUT2D eigenvalue weighted by atomic mass is 9.86. The number of para-hydroxylation sites is 2. The van der Waals surface area contributed by atoms with E-state index in [1.54, 1.807) is 0 Å². The monoisotopic (exact) mass is 598 g/mol. The van der Waals surface area contributed by atoms with Crippen LogP contribution >= 0.6 is 0 Å². The molecule has 2 heteroatoms. The van der Waals surface area contributed by atoms with Crippen LogP contribution in [0.25, 0.3) is 83.0 Å². The van der Waals surface area contributed by atoms with Crippen LogP contribution in [-0.2, 0) is 0 Å². The van der Waals surface area contributed by atoms with Gasteiger partial charge in [-0.15, -0.1) is 0 Å². The molecular formula is C45H30N2. The van der Waals surface area contributed by atoms with Gasteiger partial charge < -0.3 is 0 Å². The Morgan fingerprint density at radius 2 is 0.723 bits per heavy atom. The number of aromatic nitrogens is 2. The maximum Gasteiger partial charge on any atom is 0.145 e. The van der Waals surface area contributed by atoms with Gasteiger partial charge in [-0.2, -0.15) is 0 Å². The van der Waals surface area contributed by atoms with Crippen molar-refractivity contribution in [2.45, 2.75) is 0 Å². The zero-order valence-corrected chi connectivity index (χ0v) is 25.7. The van der Waals surface area contributed by atoms with E-state index >= 15 is 0 Å². The number of fused-ring (bicyclic) bond motifs is 3. The summed E-state index contributed by atoms with van der Waals surface area (Å²) >= 11 is 0. The molecule has 0 aliphatic heterocycles. The van der Waals surface area contributed by atoms with Crippen molar-refractivity contribution in [3.05, 3.63) is 182 Å². The molecule has 8 aromatic carbocycles. The summed E-state index contributed by atoms with van der Waals surface area (Å²) in [6, 6.07) is 65.0. The topological polar surface area (TPSA) is 17.8 Å². The fourth-order valence-corrected chi connectivity index (χ4v) is 7.06. The van der Waals surface area contributed by atoms with Crippen molar-refractivity contribution in [3.8, 4) is 50.5 Å². The predicted octanol–water partition coefficient (Wildman–Crippen LogP) is 12.0. The smallest absolute Gasteiger partial charge is 0.145 e. The van der Waals surface area contributed by atoms with Crippen molar-refractivity contribution < 1.29 is 0 Å². The third-order valence-electron chi connectivity index (χ3n) is 9.22. The summed E-state index contributed by atoms with van der Waals surface area (Å²) in [5.41, 5.74) is 11.6. The van der Waals surface area contributed by atoms with Crippen LogP contribution < -0.4 is 0 Å². The van der Waals surface area contributed by atoms with Crippen LogP contribution in [0.1, 0.15) is 0 Å². The van der Waals surface area contributed by atoms with Crippen LogP contribution in [0.2, 0.25) is 0 Å². The van der Waals surface area contributed by atoms with E-state index in [0.717, 1.165) is 28.1 Å². The lowest BCUT2D eigenvalue weighted by Gasteiger charge is -2.18. The number of imidazole rings is 1. The van der Waals surface area contributed by atoms with E-state index in [9.17, 15) is 0 Å². The highest BCUT2D eigenvalue weighted by Gasteiger charge is 2.18. The minimum absolute atomic E-state index is 0.932. The largest absolute Gasteiger partial charge is 0.292 e.